The van der Waals surface area contributed by atoms with Gasteiger partial charge in [0, 0.05) is 42.8 Å². The molecule has 2 aromatic carbocycles. The molecule has 1 aliphatic heterocycles. The van der Waals surface area contributed by atoms with Gasteiger partial charge in [-0.15, -0.1) is 0 Å². The average molecular weight is 424 g/mol. The number of anilines is 2. The molecule has 1 fully saturated rings. The van der Waals surface area contributed by atoms with Crippen LogP contribution in [0, 0.1) is 11.7 Å². The van der Waals surface area contributed by atoms with Gasteiger partial charge in [0.05, 0.1) is 20.1 Å². The van der Waals surface area contributed by atoms with Crippen LogP contribution in [0.15, 0.2) is 54.9 Å². The lowest BCUT2D eigenvalue weighted by Gasteiger charge is -2.18. The Morgan fingerprint density at radius 2 is 1.97 bits per heavy atom. The summed E-state index contributed by atoms with van der Waals surface area (Å²) in [4.78, 5) is 26.8. The fraction of sp³-hybridized carbons (Fsp3) is 0.227. The number of rotatable bonds is 6. The smallest absolute Gasteiger partial charge is 0.229 e. The first kappa shape index (κ1) is 20.4. The van der Waals surface area contributed by atoms with Gasteiger partial charge in [-0.25, -0.2) is 9.07 Å². The lowest BCUT2D eigenvalue weighted by molar-refractivity contribution is -0.122. The maximum Gasteiger partial charge on any atom is 0.229 e. The summed E-state index contributed by atoms with van der Waals surface area (Å²) in [5.41, 5.74) is 1.21. The summed E-state index contributed by atoms with van der Waals surface area (Å²) in [6.07, 6.45) is 3.24. The Hall–Kier alpha value is -3.88. The second kappa shape index (κ2) is 8.47. The van der Waals surface area contributed by atoms with Gasteiger partial charge in [0.25, 0.3) is 0 Å². The molecule has 9 heteroatoms. The maximum atomic E-state index is 14.4. The Balaban J connectivity index is 1.46. The van der Waals surface area contributed by atoms with Crippen molar-refractivity contribution < 1.29 is 23.5 Å². The minimum absolute atomic E-state index is 0.0635. The highest BCUT2D eigenvalue weighted by Crippen LogP contribution is 2.34. The normalized spacial score (nSPS) is 15.8. The molecule has 1 unspecified atom stereocenters. The van der Waals surface area contributed by atoms with E-state index in [1.165, 1.54) is 35.9 Å². The molecule has 1 atom stereocenters. The van der Waals surface area contributed by atoms with E-state index in [4.69, 9.17) is 9.47 Å². The number of ether oxygens (including phenoxy) is 2. The summed E-state index contributed by atoms with van der Waals surface area (Å²) in [5, 5.41) is 6.70. The van der Waals surface area contributed by atoms with Crippen LogP contribution in [0.4, 0.5) is 15.8 Å². The van der Waals surface area contributed by atoms with Crippen molar-refractivity contribution in [2.75, 3.05) is 31.0 Å². The van der Waals surface area contributed by atoms with E-state index in [2.05, 4.69) is 10.4 Å². The third-order valence-corrected chi connectivity index (χ3v) is 5.14. The Morgan fingerprint density at radius 3 is 2.65 bits per heavy atom. The Labute approximate surface area is 178 Å². The number of aromatic nitrogens is 2. The third kappa shape index (κ3) is 4.07. The zero-order chi connectivity index (χ0) is 22.0. The number of hydrogen-bond donors (Lipinski definition) is 1. The van der Waals surface area contributed by atoms with Crippen LogP contribution in [0.2, 0.25) is 0 Å². The molecule has 0 aliphatic carbocycles. The molecule has 0 spiro atoms. The largest absolute Gasteiger partial charge is 0.493 e. The van der Waals surface area contributed by atoms with Crippen LogP contribution in [0.25, 0.3) is 5.69 Å². The second-order valence-corrected chi connectivity index (χ2v) is 7.05. The summed E-state index contributed by atoms with van der Waals surface area (Å²) < 4.78 is 26.3. The van der Waals surface area contributed by atoms with Crippen molar-refractivity contribution >= 4 is 23.2 Å². The molecule has 0 bridgehead atoms. The van der Waals surface area contributed by atoms with Crippen LogP contribution in [-0.4, -0.2) is 42.4 Å². The van der Waals surface area contributed by atoms with Crippen molar-refractivity contribution in [2.24, 2.45) is 5.92 Å². The average Bonchev–Trinajstić information content (AvgIpc) is 3.43. The van der Waals surface area contributed by atoms with E-state index in [9.17, 15) is 14.0 Å². The Kier molecular flexibility index (Phi) is 5.57. The zero-order valence-electron chi connectivity index (χ0n) is 17.0. The number of halogens is 1. The van der Waals surface area contributed by atoms with Crippen LogP contribution in [-0.2, 0) is 9.59 Å². The van der Waals surface area contributed by atoms with Crippen molar-refractivity contribution in [1.29, 1.82) is 0 Å². The fourth-order valence-corrected chi connectivity index (χ4v) is 3.55. The summed E-state index contributed by atoms with van der Waals surface area (Å²) in [6, 6.07) is 11.2. The van der Waals surface area contributed by atoms with Crippen LogP contribution in [0.5, 0.6) is 11.5 Å². The van der Waals surface area contributed by atoms with Gasteiger partial charge in [-0.3, -0.25) is 9.59 Å². The lowest BCUT2D eigenvalue weighted by Crippen LogP contribution is -2.28. The molecule has 0 saturated carbocycles. The minimum Gasteiger partial charge on any atom is -0.493 e. The number of methoxy groups -OCH3 is 2. The molecular weight excluding hydrogens is 403 g/mol. The zero-order valence-corrected chi connectivity index (χ0v) is 17.0. The molecule has 1 N–H and O–H groups in total. The van der Waals surface area contributed by atoms with Crippen molar-refractivity contribution in [3.63, 3.8) is 0 Å². The van der Waals surface area contributed by atoms with E-state index >= 15 is 0 Å². The highest BCUT2D eigenvalue weighted by Gasteiger charge is 2.35. The predicted octanol–water partition coefficient (Wildman–Crippen LogP) is 3.02. The molecular formula is C22H21FN4O4. The molecule has 1 aliphatic rings. The van der Waals surface area contributed by atoms with E-state index in [-0.39, 0.29) is 30.5 Å². The number of benzene rings is 2. The van der Waals surface area contributed by atoms with Crippen molar-refractivity contribution in [3.05, 3.63) is 60.7 Å². The van der Waals surface area contributed by atoms with Crippen LogP contribution < -0.4 is 19.7 Å². The first-order valence-electron chi connectivity index (χ1n) is 9.63. The molecule has 1 saturated heterocycles. The number of nitrogens with one attached hydrogen (secondary N) is 1. The number of carbonyl (C=O) groups excluding carboxylic acids is 2. The number of amides is 2. The lowest BCUT2D eigenvalue weighted by atomic mass is 10.1. The first-order chi connectivity index (χ1) is 15.0. The van der Waals surface area contributed by atoms with Crippen LogP contribution in [0.1, 0.15) is 6.42 Å². The standard InChI is InChI=1S/C22H21FN4O4/c1-30-19-7-5-16(12-20(19)31-2)26-13-14(10-21(26)28)22(29)25-15-4-6-18(17(23)11-15)27-9-3-8-24-27/h3-9,11-12,14H,10,13H2,1-2H3,(H,25,29). The van der Waals surface area contributed by atoms with E-state index in [1.807, 2.05) is 0 Å². The fourth-order valence-electron chi connectivity index (χ4n) is 3.55. The van der Waals surface area contributed by atoms with E-state index in [0.29, 0.717) is 22.9 Å². The third-order valence-electron chi connectivity index (χ3n) is 5.14. The van der Waals surface area contributed by atoms with Gasteiger partial charge in [-0.1, -0.05) is 0 Å². The SMILES string of the molecule is COc1ccc(N2CC(C(=O)Nc3ccc(-n4cccn4)c(F)c3)CC2=O)cc1OC. The summed E-state index contributed by atoms with van der Waals surface area (Å²) in [5.74, 6) is -0.554. The number of carbonyl (C=O) groups is 2. The van der Waals surface area contributed by atoms with Crippen LogP contribution >= 0.6 is 0 Å². The van der Waals surface area contributed by atoms with Crippen molar-refractivity contribution in [1.82, 2.24) is 9.78 Å². The quantitative estimate of drug-likeness (QED) is 0.658. The second-order valence-electron chi connectivity index (χ2n) is 7.05. The topological polar surface area (TPSA) is 85.7 Å². The highest BCUT2D eigenvalue weighted by atomic mass is 19.1. The molecule has 8 nitrogen and oxygen atoms in total. The molecule has 1 aromatic heterocycles. The molecule has 2 amide bonds. The van der Waals surface area contributed by atoms with Gasteiger partial charge < -0.3 is 19.7 Å². The van der Waals surface area contributed by atoms with Crippen molar-refractivity contribution in [3.8, 4) is 17.2 Å². The molecule has 4 rings (SSSR count). The Bertz CT molecular complexity index is 1120. The van der Waals surface area contributed by atoms with Crippen molar-refractivity contribution in [2.45, 2.75) is 6.42 Å². The van der Waals surface area contributed by atoms with E-state index < -0.39 is 11.7 Å². The van der Waals surface area contributed by atoms with Gasteiger partial charge in [-0.2, -0.15) is 5.10 Å². The minimum atomic E-state index is -0.561. The number of hydrogen-bond acceptors (Lipinski definition) is 5. The molecule has 2 heterocycles. The molecule has 3 aromatic rings. The van der Waals surface area contributed by atoms with Crippen LogP contribution in [0.3, 0.4) is 0 Å². The molecule has 0 radical (unpaired) electrons. The first-order valence-corrected chi connectivity index (χ1v) is 9.63. The van der Waals surface area contributed by atoms with Gasteiger partial charge in [0.2, 0.25) is 11.8 Å². The van der Waals surface area contributed by atoms with Gasteiger partial charge in [0.1, 0.15) is 5.69 Å². The predicted molar refractivity (Wildman–Crippen MR) is 112 cm³/mol. The highest BCUT2D eigenvalue weighted by molar-refractivity contribution is 6.03. The maximum absolute atomic E-state index is 14.4. The van der Waals surface area contributed by atoms with Gasteiger partial charge in [0.15, 0.2) is 17.3 Å². The van der Waals surface area contributed by atoms with E-state index in [1.54, 1.807) is 42.7 Å². The summed E-state index contributed by atoms with van der Waals surface area (Å²) in [7, 11) is 3.05. The summed E-state index contributed by atoms with van der Waals surface area (Å²) in [6.45, 7) is 0.216. The Morgan fingerprint density at radius 1 is 1.16 bits per heavy atom. The number of nitrogens with zero attached hydrogens (tertiary/aromatic N) is 3. The summed E-state index contributed by atoms with van der Waals surface area (Å²) >= 11 is 0. The van der Waals surface area contributed by atoms with Gasteiger partial charge in [-0.05, 0) is 36.4 Å². The monoisotopic (exact) mass is 424 g/mol. The van der Waals surface area contributed by atoms with E-state index in [0.717, 1.165) is 0 Å². The molecule has 160 valence electrons. The molecule has 31 heavy (non-hydrogen) atoms. The van der Waals surface area contributed by atoms with Gasteiger partial charge >= 0.3 is 0 Å².